The molecule has 6 heterocycles. The van der Waals surface area contributed by atoms with Crippen LogP contribution in [0.5, 0.6) is 0 Å². The fourth-order valence-corrected chi connectivity index (χ4v) is 14.9. The summed E-state index contributed by atoms with van der Waals surface area (Å²) in [7, 11) is 0. The first-order chi connectivity index (χ1) is 50.6. The Morgan fingerprint density at radius 3 is 0.775 bits per heavy atom. The minimum atomic E-state index is 0.508. The number of para-hydroxylation sites is 6. The van der Waals surface area contributed by atoms with Crippen LogP contribution < -0.4 is 0 Å². The Hall–Kier alpha value is -14.2. The van der Waals surface area contributed by atoms with Crippen LogP contribution in [0.1, 0.15) is 5.56 Å². The van der Waals surface area contributed by atoms with E-state index in [1.165, 1.54) is 48.9 Å². The number of hydrogen-bond donors (Lipinski definition) is 0. The fraction of sp³-hybridized carbons (Fsp3) is 0. The van der Waals surface area contributed by atoms with Crippen molar-refractivity contribution >= 4 is 87.2 Å². The molecular formula is C91H57N11. The number of fused-ring (bicyclic) bond motifs is 14. The van der Waals surface area contributed by atoms with Crippen molar-refractivity contribution in [3.8, 4) is 97.1 Å². The smallest absolute Gasteiger partial charge is 0.164 e. The molecule has 0 aliphatic heterocycles. The van der Waals surface area contributed by atoms with Crippen molar-refractivity contribution in [3.63, 3.8) is 0 Å². The third kappa shape index (κ3) is 9.96. The van der Waals surface area contributed by atoms with Gasteiger partial charge in [0.25, 0.3) is 0 Å². The second-order valence-electron chi connectivity index (χ2n) is 25.3. The van der Waals surface area contributed by atoms with E-state index >= 15 is 0 Å². The van der Waals surface area contributed by atoms with Gasteiger partial charge in [-0.1, -0.05) is 231 Å². The second kappa shape index (κ2) is 24.7. The minimum Gasteiger partial charge on any atom is -0.309 e. The van der Waals surface area contributed by atoms with Gasteiger partial charge < -0.3 is 18.3 Å². The summed E-state index contributed by atoms with van der Waals surface area (Å²) in [5.74, 6) is 3.61. The number of hydrogen-bond acceptors (Lipinski definition) is 7. The zero-order valence-electron chi connectivity index (χ0n) is 54.8. The van der Waals surface area contributed by atoms with Crippen molar-refractivity contribution in [1.29, 1.82) is 5.26 Å². The van der Waals surface area contributed by atoms with Gasteiger partial charge in [0.05, 0.1) is 55.4 Å². The van der Waals surface area contributed by atoms with Crippen molar-refractivity contribution in [2.24, 2.45) is 0 Å². The summed E-state index contributed by atoms with van der Waals surface area (Å²) < 4.78 is 9.32. The van der Waals surface area contributed by atoms with E-state index in [0.717, 1.165) is 94.5 Å². The van der Waals surface area contributed by atoms with Gasteiger partial charge >= 0.3 is 0 Å². The number of aromatic nitrogens is 10. The molecule has 6 aromatic heterocycles. The summed E-state index contributed by atoms with van der Waals surface area (Å²) >= 11 is 0. The fourth-order valence-electron chi connectivity index (χ4n) is 14.9. The van der Waals surface area contributed by atoms with E-state index in [2.05, 4.69) is 225 Å². The molecule has 0 aliphatic carbocycles. The van der Waals surface area contributed by atoms with Crippen molar-refractivity contribution in [2.75, 3.05) is 0 Å². The first kappa shape index (κ1) is 59.1. The maximum Gasteiger partial charge on any atom is 0.164 e. The highest BCUT2D eigenvalue weighted by Gasteiger charge is 2.25. The lowest BCUT2D eigenvalue weighted by atomic mass is 10.1. The van der Waals surface area contributed by atoms with Gasteiger partial charge in [0.2, 0.25) is 0 Å². The molecule has 0 aliphatic rings. The zero-order chi connectivity index (χ0) is 67.6. The molecule has 0 radical (unpaired) electrons. The molecule has 0 bridgehead atoms. The monoisotopic (exact) mass is 1300 g/mol. The quantitative estimate of drug-likeness (QED) is 0.134. The summed E-state index contributed by atoms with van der Waals surface area (Å²) in [6.45, 7) is 0. The molecule has 476 valence electrons. The van der Waals surface area contributed by atoms with Gasteiger partial charge in [0, 0.05) is 93.5 Å². The van der Waals surface area contributed by atoms with E-state index in [1.807, 2.05) is 146 Å². The molecule has 0 saturated carbocycles. The predicted molar refractivity (Wildman–Crippen MR) is 414 cm³/mol. The van der Waals surface area contributed by atoms with E-state index in [4.69, 9.17) is 29.9 Å². The molecule has 0 amide bonds. The Bertz CT molecular complexity index is 6540. The van der Waals surface area contributed by atoms with E-state index in [9.17, 15) is 5.26 Å². The van der Waals surface area contributed by atoms with Gasteiger partial charge in [0.1, 0.15) is 6.07 Å². The third-order valence-corrected chi connectivity index (χ3v) is 19.4. The van der Waals surface area contributed by atoms with Crippen LogP contribution in [0.25, 0.3) is 178 Å². The van der Waals surface area contributed by atoms with Crippen molar-refractivity contribution in [3.05, 3.63) is 351 Å². The first-order valence-electron chi connectivity index (χ1n) is 34.0. The number of rotatable bonds is 10. The Morgan fingerprint density at radius 1 is 0.206 bits per heavy atom. The topological polar surface area (TPSA) is 121 Å². The van der Waals surface area contributed by atoms with E-state index in [-0.39, 0.29) is 0 Å². The summed E-state index contributed by atoms with van der Waals surface area (Å²) in [5.41, 5.74) is 19.1. The summed E-state index contributed by atoms with van der Waals surface area (Å²) in [6.07, 6.45) is 0. The van der Waals surface area contributed by atoms with E-state index < -0.39 is 0 Å². The zero-order valence-corrected chi connectivity index (χ0v) is 54.8. The standard InChI is InChI=1S/C46H28N6.C45H29N5/c47-29-33-28-32(46-49-44(30-14-4-1-5-15-30)48-45(50-46)31-16-6-2-7-17-31)24-25-37(33)52-39-23-13-11-21-36(39)43-41(52)27-26-40-42(43)35-20-10-12-22-38(35)51(40)34-18-8-3-9-19-34;1-4-14-30(15-5-1)43-46-44(31-16-6-2-7-17-31)48-45(47-43)32-24-26-34(27-25-32)50-38-23-13-11-21-36(38)42-40(50)29-28-39-41(42)35-20-10-12-22-37(35)49(39)33-18-8-3-9-19-33/h1-28H;1-29H. The Labute approximate surface area is 585 Å². The number of nitriles is 1. The number of nitrogens with zero attached hydrogens (tertiary/aromatic N) is 11. The molecule has 20 rings (SSSR count). The van der Waals surface area contributed by atoms with Crippen LogP contribution >= 0.6 is 0 Å². The molecule has 0 saturated heterocycles. The Kier molecular flexibility index (Phi) is 14.3. The molecule has 0 unspecified atom stereocenters. The van der Waals surface area contributed by atoms with Crippen LogP contribution in [-0.4, -0.2) is 48.2 Å². The largest absolute Gasteiger partial charge is 0.309 e. The van der Waals surface area contributed by atoms with Crippen molar-refractivity contribution < 1.29 is 0 Å². The summed E-state index contributed by atoms with van der Waals surface area (Å²) in [6, 6.07) is 122. The Morgan fingerprint density at radius 2 is 0.451 bits per heavy atom. The molecule has 0 atom stereocenters. The first-order valence-corrected chi connectivity index (χ1v) is 34.0. The molecule has 20 aromatic rings. The predicted octanol–water partition coefficient (Wildman–Crippen LogP) is 22.0. The molecule has 0 N–H and O–H groups in total. The molecule has 0 fully saturated rings. The molecular weight excluding hydrogens is 1250 g/mol. The average molecular weight is 1300 g/mol. The van der Waals surface area contributed by atoms with Gasteiger partial charge in [-0.25, -0.2) is 29.9 Å². The van der Waals surface area contributed by atoms with Crippen LogP contribution in [0, 0.1) is 11.3 Å². The highest BCUT2D eigenvalue weighted by atomic mass is 15.1. The maximum atomic E-state index is 10.7. The lowest BCUT2D eigenvalue weighted by Crippen LogP contribution is -2.02. The van der Waals surface area contributed by atoms with Gasteiger partial charge in [-0.3, -0.25) is 0 Å². The highest BCUT2D eigenvalue weighted by Crippen LogP contribution is 2.45. The minimum absolute atomic E-state index is 0.508. The van der Waals surface area contributed by atoms with E-state index in [0.29, 0.717) is 40.5 Å². The third-order valence-electron chi connectivity index (χ3n) is 19.4. The summed E-state index contributed by atoms with van der Waals surface area (Å²) in [4.78, 5) is 29.4. The van der Waals surface area contributed by atoms with Gasteiger partial charge in [-0.05, 0) is 115 Å². The average Bonchev–Trinajstić information content (AvgIpc) is 1.57. The second-order valence-corrected chi connectivity index (χ2v) is 25.3. The van der Waals surface area contributed by atoms with Crippen LogP contribution in [0.15, 0.2) is 346 Å². The number of benzene rings is 14. The van der Waals surface area contributed by atoms with Crippen LogP contribution in [-0.2, 0) is 0 Å². The van der Waals surface area contributed by atoms with Crippen LogP contribution in [0.2, 0.25) is 0 Å². The molecule has 102 heavy (non-hydrogen) atoms. The highest BCUT2D eigenvalue weighted by molar-refractivity contribution is 6.30. The van der Waals surface area contributed by atoms with Crippen LogP contribution in [0.3, 0.4) is 0 Å². The van der Waals surface area contributed by atoms with Crippen LogP contribution in [0.4, 0.5) is 0 Å². The van der Waals surface area contributed by atoms with Gasteiger partial charge in [-0.2, -0.15) is 5.26 Å². The SMILES string of the molecule is N#Cc1cc(-c2nc(-c3ccccc3)nc(-c3ccccc3)n2)ccc1-n1c2ccccc2c2c3c4ccccc4n(-c4ccccc4)c3ccc21.c1ccc(-c2nc(-c3ccccc3)nc(-c3ccc(-n4c5ccccc5c5c6c7ccccc7n(-c7ccccc7)c6ccc54)cc3)n2)cc1. The molecule has 14 aromatic carbocycles. The molecule has 11 heteroatoms. The summed E-state index contributed by atoms with van der Waals surface area (Å²) in [5, 5.41) is 20.4. The maximum absolute atomic E-state index is 10.7. The Balaban J connectivity index is 0.000000141. The van der Waals surface area contributed by atoms with Gasteiger partial charge in [0.15, 0.2) is 34.9 Å². The van der Waals surface area contributed by atoms with Crippen molar-refractivity contribution in [1.82, 2.24) is 48.2 Å². The normalized spacial score (nSPS) is 11.5. The molecule has 11 nitrogen and oxygen atoms in total. The van der Waals surface area contributed by atoms with E-state index in [1.54, 1.807) is 0 Å². The molecule has 0 spiro atoms. The lowest BCUT2D eigenvalue weighted by molar-refractivity contribution is 1.07. The van der Waals surface area contributed by atoms with Gasteiger partial charge in [-0.15, -0.1) is 0 Å². The lowest BCUT2D eigenvalue weighted by Gasteiger charge is -2.13. The van der Waals surface area contributed by atoms with Crippen molar-refractivity contribution in [2.45, 2.75) is 0 Å².